The number of nitrogens with one attached hydrogen (secondary N) is 1. The Morgan fingerprint density at radius 2 is 2.17 bits per heavy atom. The van der Waals surface area contributed by atoms with Crippen molar-refractivity contribution in [3.63, 3.8) is 0 Å². The van der Waals surface area contributed by atoms with E-state index in [9.17, 15) is 0 Å². The van der Waals surface area contributed by atoms with E-state index in [1.54, 1.807) is 0 Å². The molecule has 70 valence electrons. The molecule has 0 aromatic rings. The summed E-state index contributed by atoms with van der Waals surface area (Å²) in [5, 5.41) is 3.53. The Morgan fingerprint density at radius 1 is 1.58 bits per heavy atom. The van der Waals surface area contributed by atoms with Crippen LogP contribution in [0.1, 0.15) is 34.1 Å². The maximum atomic E-state index is 3.53. The van der Waals surface area contributed by atoms with E-state index in [-0.39, 0.29) is 0 Å². The Morgan fingerprint density at radius 3 is 2.50 bits per heavy atom. The summed E-state index contributed by atoms with van der Waals surface area (Å²) in [6.07, 6.45) is 3.78. The Bertz CT molecular complexity index is 168. The van der Waals surface area contributed by atoms with Gasteiger partial charge in [-0.05, 0) is 38.6 Å². The zero-order valence-electron chi connectivity index (χ0n) is 8.72. The molecular weight excluding hydrogens is 146 g/mol. The van der Waals surface area contributed by atoms with Crippen molar-refractivity contribution in [3.05, 3.63) is 11.6 Å². The predicted octanol–water partition coefficient (Wildman–Crippen LogP) is 2.59. The Labute approximate surface area is 76.2 Å². The normalized spacial score (nSPS) is 29.7. The molecule has 12 heavy (non-hydrogen) atoms. The van der Waals surface area contributed by atoms with Crippen molar-refractivity contribution in [3.8, 4) is 0 Å². The minimum absolute atomic E-state index is 0.634. The van der Waals surface area contributed by atoms with E-state index in [4.69, 9.17) is 0 Å². The van der Waals surface area contributed by atoms with Gasteiger partial charge >= 0.3 is 0 Å². The summed E-state index contributed by atoms with van der Waals surface area (Å²) in [6, 6.07) is 0.634. The quantitative estimate of drug-likeness (QED) is 0.635. The van der Waals surface area contributed by atoms with E-state index < -0.39 is 0 Å². The van der Waals surface area contributed by atoms with Crippen LogP contribution in [0, 0.1) is 11.8 Å². The first-order valence-corrected chi connectivity index (χ1v) is 5.03. The SMILES string of the molecule is CCNC(C=C(C)C)C1CC1C. The van der Waals surface area contributed by atoms with Crippen molar-refractivity contribution in [2.45, 2.75) is 40.2 Å². The number of rotatable bonds is 4. The lowest BCUT2D eigenvalue weighted by molar-refractivity contribution is 0.531. The monoisotopic (exact) mass is 167 g/mol. The second kappa shape index (κ2) is 4.08. The van der Waals surface area contributed by atoms with Crippen LogP contribution in [0.3, 0.4) is 0 Å². The van der Waals surface area contributed by atoms with Crippen LogP contribution < -0.4 is 5.32 Å². The van der Waals surface area contributed by atoms with E-state index in [0.717, 1.165) is 18.4 Å². The van der Waals surface area contributed by atoms with Gasteiger partial charge in [0.05, 0.1) is 0 Å². The molecule has 0 aromatic heterocycles. The average molecular weight is 167 g/mol. The van der Waals surface area contributed by atoms with Crippen molar-refractivity contribution in [2.24, 2.45) is 11.8 Å². The molecule has 0 aromatic carbocycles. The zero-order valence-corrected chi connectivity index (χ0v) is 8.72. The van der Waals surface area contributed by atoms with E-state index >= 15 is 0 Å². The zero-order chi connectivity index (χ0) is 9.14. The fraction of sp³-hybridized carbons (Fsp3) is 0.818. The second-order valence-corrected chi connectivity index (χ2v) is 4.20. The lowest BCUT2D eigenvalue weighted by Crippen LogP contribution is -2.29. The van der Waals surface area contributed by atoms with Crippen LogP contribution in [0.4, 0.5) is 0 Å². The molecule has 0 saturated heterocycles. The van der Waals surface area contributed by atoms with Gasteiger partial charge in [-0.25, -0.2) is 0 Å². The van der Waals surface area contributed by atoms with Crippen LogP contribution in [0.25, 0.3) is 0 Å². The molecule has 1 fully saturated rings. The van der Waals surface area contributed by atoms with Crippen molar-refractivity contribution in [2.75, 3.05) is 6.54 Å². The standard InChI is InChI=1S/C11H21N/c1-5-12-11(6-8(2)3)10-7-9(10)4/h6,9-12H,5,7H2,1-4H3. The minimum atomic E-state index is 0.634. The number of allylic oxidation sites excluding steroid dienone is 1. The largest absolute Gasteiger partial charge is 0.311 e. The summed E-state index contributed by atoms with van der Waals surface area (Å²) in [6.45, 7) is 9.96. The highest BCUT2D eigenvalue weighted by atomic mass is 14.9. The Balaban J connectivity index is 2.44. The fourth-order valence-corrected chi connectivity index (χ4v) is 1.78. The number of hydrogen-bond donors (Lipinski definition) is 1. The summed E-state index contributed by atoms with van der Waals surface area (Å²) in [4.78, 5) is 0. The maximum Gasteiger partial charge on any atom is 0.0283 e. The first-order valence-electron chi connectivity index (χ1n) is 5.03. The maximum absolute atomic E-state index is 3.53. The predicted molar refractivity (Wildman–Crippen MR) is 54.2 cm³/mol. The second-order valence-electron chi connectivity index (χ2n) is 4.20. The minimum Gasteiger partial charge on any atom is -0.311 e. The Hall–Kier alpha value is -0.300. The third-order valence-electron chi connectivity index (χ3n) is 2.59. The summed E-state index contributed by atoms with van der Waals surface area (Å²) in [5.41, 5.74) is 1.43. The summed E-state index contributed by atoms with van der Waals surface area (Å²) in [5.74, 6) is 1.84. The van der Waals surface area contributed by atoms with Gasteiger partial charge < -0.3 is 5.32 Å². The van der Waals surface area contributed by atoms with Gasteiger partial charge in [0.15, 0.2) is 0 Å². The highest BCUT2D eigenvalue weighted by molar-refractivity contribution is 5.08. The van der Waals surface area contributed by atoms with Crippen LogP contribution in [0.15, 0.2) is 11.6 Å². The first-order chi connectivity index (χ1) is 5.65. The molecule has 0 heterocycles. The molecular formula is C11H21N. The van der Waals surface area contributed by atoms with Gasteiger partial charge in [-0.2, -0.15) is 0 Å². The van der Waals surface area contributed by atoms with Gasteiger partial charge in [0.1, 0.15) is 0 Å². The van der Waals surface area contributed by atoms with Gasteiger partial charge in [0, 0.05) is 6.04 Å². The van der Waals surface area contributed by atoms with Gasteiger partial charge in [-0.1, -0.05) is 25.5 Å². The van der Waals surface area contributed by atoms with E-state index in [2.05, 4.69) is 39.1 Å². The van der Waals surface area contributed by atoms with Gasteiger partial charge in [0.2, 0.25) is 0 Å². The molecule has 0 spiro atoms. The van der Waals surface area contributed by atoms with Crippen LogP contribution in [0.5, 0.6) is 0 Å². The van der Waals surface area contributed by atoms with Crippen molar-refractivity contribution in [1.82, 2.24) is 5.32 Å². The molecule has 1 heteroatoms. The third-order valence-corrected chi connectivity index (χ3v) is 2.59. The molecule has 1 aliphatic rings. The smallest absolute Gasteiger partial charge is 0.0283 e. The van der Waals surface area contributed by atoms with Crippen molar-refractivity contribution < 1.29 is 0 Å². The molecule has 1 rings (SSSR count). The van der Waals surface area contributed by atoms with Crippen LogP contribution >= 0.6 is 0 Å². The first kappa shape index (κ1) is 9.79. The highest BCUT2D eigenvalue weighted by Gasteiger charge is 2.37. The van der Waals surface area contributed by atoms with Crippen molar-refractivity contribution in [1.29, 1.82) is 0 Å². The molecule has 0 radical (unpaired) electrons. The molecule has 0 amide bonds. The number of hydrogen-bond acceptors (Lipinski definition) is 1. The van der Waals surface area contributed by atoms with Crippen LogP contribution in [-0.2, 0) is 0 Å². The third kappa shape index (κ3) is 2.63. The summed E-state index contributed by atoms with van der Waals surface area (Å²) in [7, 11) is 0. The lowest BCUT2D eigenvalue weighted by atomic mass is 10.1. The lowest BCUT2D eigenvalue weighted by Gasteiger charge is -2.13. The molecule has 1 aliphatic carbocycles. The molecule has 1 saturated carbocycles. The average Bonchev–Trinajstić information content (AvgIpc) is 2.65. The van der Waals surface area contributed by atoms with Gasteiger partial charge in [-0.3, -0.25) is 0 Å². The molecule has 0 aliphatic heterocycles. The van der Waals surface area contributed by atoms with Gasteiger partial charge in [-0.15, -0.1) is 0 Å². The molecule has 1 nitrogen and oxygen atoms in total. The summed E-state index contributed by atoms with van der Waals surface area (Å²) >= 11 is 0. The topological polar surface area (TPSA) is 12.0 Å². The van der Waals surface area contributed by atoms with Crippen LogP contribution in [-0.4, -0.2) is 12.6 Å². The van der Waals surface area contributed by atoms with E-state index in [0.29, 0.717) is 6.04 Å². The van der Waals surface area contributed by atoms with Crippen LogP contribution in [0.2, 0.25) is 0 Å². The highest BCUT2D eigenvalue weighted by Crippen LogP contribution is 2.41. The molecule has 0 bridgehead atoms. The van der Waals surface area contributed by atoms with E-state index in [1.807, 2.05) is 0 Å². The molecule has 3 atom stereocenters. The van der Waals surface area contributed by atoms with E-state index in [1.165, 1.54) is 12.0 Å². The van der Waals surface area contributed by atoms with Crippen molar-refractivity contribution >= 4 is 0 Å². The fourth-order valence-electron chi connectivity index (χ4n) is 1.78. The van der Waals surface area contributed by atoms with Gasteiger partial charge in [0.25, 0.3) is 0 Å². The number of likely N-dealkylation sites (N-methyl/N-ethyl adjacent to an activating group) is 1. The molecule has 1 N–H and O–H groups in total. The Kier molecular flexibility index (Phi) is 3.33. The molecule has 3 unspecified atom stereocenters. The summed E-state index contributed by atoms with van der Waals surface area (Å²) < 4.78 is 0.